The molecule has 0 N–H and O–H groups in total. The average molecular weight is 318 g/mol. The number of methoxy groups -OCH3 is 1. The molecule has 0 aromatic heterocycles. The summed E-state index contributed by atoms with van der Waals surface area (Å²) in [5.41, 5.74) is 7.68. The van der Waals surface area contributed by atoms with Crippen molar-refractivity contribution < 1.29 is 4.74 Å². The fraction of sp³-hybridized carbons (Fsp3) is 0.143. The Labute approximate surface area is 141 Å². The summed E-state index contributed by atoms with van der Waals surface area (Å²) in [6.45, 7) is 4.34. The number of benzene rings is 3. The van der Waals surface area contributed by atoms with Gasteiger partial charge in [-0.05, 0) is 47.2 Å². The summed E-state index contributed by atoms with van der Waals surface area (Å²) in [5, 5.41) is 1.41. The smallest absolute Gasteiger partial charge is 0.125 e. The first kappa shape index (κ1) is 15.6. The minimum Gasteiger partial charge on any atom is -0.496 e. The second kappa shape index (κ2) is 6.43. The molecule has 3 aromatic carbocycles. The summed E-state index contributed by atoms with van der Waals surface area (Å²) >= 11 is 0. The molecular weight excluding hydrogens is 296 g/mol. The first-order valence-electron chi connectivity index (χ1n) is 7.93. The summed E-state index contributed by atoms with van der Waals surface area (Å²) < 4.78 is 5.73. The van der Waals surface area contributed by atoms with Crippen LogP contribution in [-0.2, 0) is 0 Å². The Hall–Kier alpha value is -2.32. The maximum absolute atomic E-state index is 5.73. The lowest BCUT2D eigenvalue weighted by Gasteiger charge is -2.22. The van der Waals surface area contributed by atoms with Crippen molar-refractivity contribution in [2.75, 3.05) is 7.11 Å². The first-order valence-corrected chi connectivity index (χ1v) is 8.93. The Balaban J connectivity index is 2.43. The van der Waals surface area contributed by atoms with Crippen LogP contribution in [0.2, 0.25) is 0 Å². The van der Waals surface area contributed by atoms with Crippen LogP contribution in [0.1, 0.15) is 11.1 Å². The van der Waals surface area contributed by atoms with Crippen LogP contribution in [0.3, 0.4) is 0 Å². The molecule has 0 bridgehead atoms. The van der Waals surface area contributed by atoms with E-state index in [4.69, 9.17) is 4.74 Å². The molecule has 3 rings (SSSR count). The largest absolute Gasteiger partial charge is 0.496 e. The van der Waals surface area contributed by atoms with E-state index in [-0.39, 0.29) is 0 Å². The van der Waals surface area contributed by atoms with Crippen molar-refractivity contribution >= 4 is 15.4 Å². The van der Waals surface area contributed by atoms with Crippen LogP contribution in [-0.4, -0.2) is 17.4 Å². The summed E-state index contributed by atoms with van der Waals surface area (Å²) in [4.78, 5) is 0. The zero-order chi connectivity index (χ0) is 16.4. The fourth-order valence-corrected chi connectivity index (χ4v) is 4.13. The van der Waals surface area contributed by atoms with Gasteiger partial charge in [-0.25, -0.2) is 0 Å². The Morgan fingerprint density at radius 1 is 0.696 bits per heavy atom. The third kappa shape index (κ3) is 2.70. The average Bonchev–Trinajstić information content (AvgIpc) is 2.60. The van der Waals surface area contributed by atoms with Crippen LogP contribution >= 0.6 is 0 Å². The van der Waals surface area contributed by atoms with Crippen molar-refractivity contribution in [3.8, 4) is 28.0 Å². The molecule has 0 heterocycles. The zero-order valence-electron chi connectivity index (χ0n) is 14.2. The van der Waals surface area contributed by atoms with Crippen molar-refractivity contribution in [2.24, 2.45) is 0 Å². The number of hydrogen-bond donors (Lipinski definition) is 0. The van der Waals surface area contributed by atoms with Crippen LogP contribution < -0.4 is 9.92 Å². The molecule has 0 amide bonds. The molecule has 0 saturated heterocycles. The normalized spacial score (nSPS) is 10.7. The highest BCUT2D eigenvalue weighted by Gasteiger charge is 2.19. The first-order chi connectivity index (χ1) is 11.1. The molecule has 0 saturated carbocycles. The number of ether oxygens (including phenoxy) is 1. The molecule has 0 aliphatic rings. The Bertz CT molecular complexity index is 824. The van der Waals surface area contributed by atoms with Gasteiger partial charge in [0.15, 0.2) is 0 Å². The van der Waals surface area contributed by atoms with E-state index in [1.54, 1.807) is 7.11 Å². The highest BCUT2D eigenvalue weighted by molar-refractivity contribution is 6.38. The van der Waals surface area contributed by atoms with Crippen LogP contribution in [0.15, 0.2) is 60.7 Å². The van der Waals surface area contributed by atoms with Crippen molar-refractivity contribution in [3.63, 3.8) is 0 Å². The number of hydrogen-bond acceptors (Lipinski definition) is 1. The van der Waals surface area contributed by atoms with Crippen molar-refractivity contribution in [1.82, 2.24) is 0 Å². The van der Waals surface area contributed by atoms with Crippen LogP contribution in [0.5, 0.6) is 5.75 Å². The van der Waals surface area contributed by atoms with Crippen molar-refractivity contribution in [2.45, 2.75) is 13.8 Å². The third-order valence-electron chi connectivity index (χ3n) is 4.57. The molecule has 116 valence electrons. The van der Waals surface area contributed by atoms with E-state index in [1.807, 2.05) is 0 Å². The van der Waals surface area contributed by atoms with E-state index < -0.39 is 0 Å². The van der Waals surface area contributed by atoms with E-state index in [1.165, 1.54) is 38.6 Å². The highest BCUT2D eigenvalue weighted by atomic mass is 28.1. The molecule has 0 aliphatic heterocycles. The highest BCUT2D eigenvalue weighted by Crippen LogP contribution is 2.39. The lowest BCUT2D eigenvalue weighted by molar-refractivity contribution is 0.409. The minimum absolute atomic E-state index is 0.983. The van der Waals surface area contributed by atoms with E-state index in [0.29, 0.717) is 0 Å². The summed E-state index contributed by atoms with van der Waals surface area (Å²) in [5.74, 6) is 1.02. The van der Waals surface area contributed by atoms with Crippen LogP contribution in [0.4, 0.5) is 0 Å². The van der Waals surface area contributed by atoms with Crippen LogP contribution in [0, 0.1) is 13.8 Å². The maximum Gasteiger partial charge on any atom is 0.125 e. The predicted octanol–water partition coefficient (Wildman–Crippen LogP) is 3.64. The lowest BCUT2D eigenvalue weighted by Crippen LogP contribution is -2.16. The summed E-state index contributed by atoms with van der Waals surface area (Å²) in [7, 11) is 2.75. The predicted molar refractivity (Wildman–Crippen MR) is 103 cm³/mol. The van der Waals surface area contributed by atoms with Gasteiger partial charge >= 0.3 is 0 Å². The van der Waals surface area contributed by atoms with Gasteiger partial charge in [0.2, 0.25) is 0 Å². The quantitative estimate of drug-likeness (QED) is 0.670. The summed E-state index contributed by atoms with van der Waals surface area (Å²) in [6, 6.07) is 21.3. The number of rotatable bonds is 3. The molecule has 23 heavy (non-hydrogen) atoms. The maximum atomic E-state index is 5.73. The van der Waals surface area contributed by atoms with Gasteiger partial charge in [0.05, 0.1) is 7.11 Å². The third-order valence-corrected chi connectivity index (χ3v) is 5.82. The molecule has 0 radical (unpaired) electrons. The summed E-state index contributed by atoms with van der Waals surface area (Å²) in [6.07, 6.45) is 0. The molecule has 0 aliphatic carbocycles. The van der Waals surface area contributed by atoms with Gasteiger partial charge in [0, 0.05) is 10.2 Å². The zero-order valence-corrected chi connectivity index (χ0v) is 16.2. The lowest BCUT2D eigenvalue weighted by atomic mass is 9.88. The second-order valence-corrected chi connectivity index (χ2v) is 6.89. The van der Waals surface area contributed by atoms with Crippen LogP contribution in [0.25, 0.3) is 22.3 Å². The second-order valence-electron chi connectivity index (χ2n) is 5.89. The molecule has 1 nitrogen and oxygen atoms in total. The molecule has 0 spiro atoms. The topological polar surface area (TPSA) is 9.23 Å². The van der Waals surface area contributed by atoms with Gasteiger partial charge in [-0.1, -0.05) is 65.9 Å². The van der Waals surface area contributed by atoms with Gasteiger partial charge < -0.3 is 4.74 Å². The molecule has 0 fully saturated rings. The van der Waals surface area contributed by atoms with E-state index >= 15 is 0 Å². The molecular formula is C21H22OSi. The molecule has 0 unspecified atom stereocenters. The minimum atomic E-state index is 0.983. The monoisotopic (exact) mass is 318 g/mol. The molecule has 0 atom stereocenters. The fourth-order valence-electron chi connectivity index (χ4n) is 3.37. The van der Waals surface area contributed by atoms with E-state index in [9.17, 15) is 0 Å². The van der Waals surface area contributed by atoms with Gasteiger partial charge in [-0.3, -0.25) is 0 Å². The Kier molecular flexibility index (Phi) is 4.35. The van der Waals surface area contributed by atoms with Gasteiger partial charge in [0.25, 0.3) is 0 Å². The van der Waals surface area contributed by atoms with Gasteiger partial charge in [-0.2, -0.15) is 0 Å². The Morgan fingerprint density at radius 3 is 1.65 bits per heavy atom. The van der Waals surface area contributed by atoms with Crippen molar-refractivity contribution in [1.29, 1.82) is 0 Å². The SMILES string of the molecule is COc1c(C)c([SiH3])c(-c2ccccc2)c(-c2ccccc2)c1C. The van der Waals surface area contributed by atoms with E-state index in [2.05, 4.69) is 74.5 Å². The van der Waals surface area contributed by atoms with Crippen molar-refractivity contribution in [3.05, 3.63) is 71.8 Å². The standard InChI is InChI=1S/C21H22OSi/c1-14-18(16-10-6-4-7-11-16)19(17-12-8-5-9-13-17)21(23)15(2)20(14)22-3/h4-13H,1-3,23H3. The molecule has 3 aromatic rings. The Morgan fingerprint density at radius 2 is 1.17 bits per heavy atom. The van der Waals surface area contributed by atoms with Gasteiger partial charge in [0.1, 0.15) is 5.75 Å². The van der Waals surface area contributed by atoms with Gasteiger partial charge in [-0.15, -0.1) is 0 Å². The van der Waals surface area contributed by atoms with E-state index in [0.717, 1.165) is 16.0 Å². The molecule has 2 heteroatoms.